The van der Waals surface area contributed by atoms with Gasteiger partial charge >= 0.3 is 5.97 Å². The van der Waals surface area contributed by atoms with Gasteiger partial charge in [-0.25, -0.2) is 4.99 Å². The number of hydrogen-bond donors (Lipinski definition) is 0. The predicted molar refractivity (Wildman–Crippen MR) is 154 cm³/mol. The number of carbonyl (C=O) groups excluding carboxylic acids is 2. The number of halogens is 1. The van der Waals surface area contributed by atoms with E-state index in [-0.39, 0.29) is 5.91 Å². The van der Waals surface area contributed by atoms with Gasteiger partial charge in [0.25, 0.3) is 5.91 Å². The highest BCUT2D eigenvalue weighted by molar-refractivity contribution is 9.10. The number of hydrogen-bond acceptors (Lipinski definition) is 6. The first-order valence-electron chi connectivity index (χ1n) is 11.9. The van der Waals surface area contributed by atoms with Gasteiger partial charge < -0.3 is 9.47 Å². The molecular weight excluding hydrogens is 552 g/mol. The lowest BCUT2D eigenvalue weighted by atomic mass is 10.1. The van der Waals surface area contributed by atoms with Crippen LogP contribution in [-0.4, -0.2) is 24.2 Å². The van der Waals surface area contributed by atoms with Crippen molar-refractivity contribution in [3.63, 3.8) is 0 Å². The summed E-state index contributed by atoms with van der Waals surface area (Å²) in [6.45, 7) is 5.53. The highest BCUT2D eigenvalue weighted by atomic mass is 79.9. The molecule has 1 fully saturated rings. The molecule has 1 heterocycles. The van der Waals surface area contributed by atoms with Crippen molar-refractivity contribution in [2.24, 2.45) is 4.99 Å². The van der Waals surface area contributed by atoms with E-state index in [2.05, 4.69) is 29.8 Å². The number of rotatable bonds is 7. The van der Waals surface area contributed by atoms with Gasteiger partial charge in [0.05, 0.1) is 23.4 Å². The molecule has 8 heteroatoms. The molecule has 37 heavy (non-hydrogen) atoms. The second kappa shape index (κ2) is 11.8. The van der Waals surface area contributed by atoms with Crippen molar-refractivity contribution >= 4 is 62.2 Å². The Morgan fingerprint density at radius 2 is 1.62 bits per heavy atom. The third-order valence-electron chi connectivity index (χ3n) is 5.80. The number of carbonyl (C=O) groups is 2. The van der Waals surface area contributed by atoms with Crippen LogP contribution >= 0.6 is 27.7 Å². The first-order chi connectivity index (χ1) is 17.8. The van der Waals surface area contributed by atoms with Gasteiger partial charge in [-0.2, -0.15) is 0 Å². The van der Waals surface area contributed by atoms with Crippen LogP contribution in [0.1, 0.15) is 37.5 Å². The monoisotopic (exact) mass is 578 g/mol. The van der Waals surface area contributed by atoms with Crippen molar-refractivity contribution in [3.8, 4) is 11.5 Å². The Bertz CT molecular complexity index is 1380. The summed E-state index contributed by atoms with van der Waals surface area (Å²) in [7, 11) is 1.50. The van der Waals surface area contributed by atoms with Crippen LogP contribution in [-0.2, 0) is 22.4 Å². The smallest absolute Gasteiger partial charge is 0.308 e. The third kappa shape index (κ3) is 6.14. The average Bonchev–Trinajstić information content (AvgIpc) is 3.19. The molecule has 1 aliphatic heterocycles. The van der Waals surface area contributed by atoms with Gasteiger partial charge in [0.1, 0.15) is 0 Å². The lowest BCUT2D eigenvalue weighted by molar-refractivity contribution is -0.132. The topological polar surface area (TPSA) is 68.2 Å². The van der Waals surface area contributed by atoms with Crippen LogP contribution in [0.25, 0.3) is 6.08 Å². The minimum Gasteiger partial charge on any atom is -0.493 e. The van der Waals surface area contributed by atoms with E-state index in [1.165, 1.54) is 36.9 Å². The molecule has 190 valence electrons. The first-order valence-corrected chi connectivity index (χ1v) is 13.5. The molecule has 0 unspecified atom stereocenters. The summed E-state index contributed by atoms with van der Waals surface area (Å²) < 4.78 is 11.3. The van der Waals surface area contributed by atoms with Crippen LogP contribution in [0.2, 0.25) is 0 Å². The molecule has 4 rings (SSSR count). The van der Waals surface area contributed by atoms with E-state index in [1.54, 1.807) is 23.1 Å². The molecule has 1 saturated heterocycles. The number of benzene rings is 3. The molecule has 1 aliphatic rings. The van der Waals surface area contributed by atoms with Gasteiger partial charge in [0.15, 0.2) is 16.7 Å². The Morgan fingerprint density at radius 3 is 2.19 bits per heavy atom. The van der Waals surface area contributed by atoms with Crippen LogP contribution in [0.15, 0.2) is 75.0 Å². The fourth-order valence-electron chi connectivity index (χ4n) is 3.77. The van der Waals surface area contributed by atoms with E-state index in [9.17, 15) is 9.59 Å². The Kier molecular flexibility index (Phi) is 8.51. The van der Waals surface area contributed by atoms with Gasteiger partial charge in [-0.1, -0.05) is 54.0 Å². The summed E-state index contributed by atoms with van der Waals surface area (Å²) in [6.07, 6.45) is 3.65. The van der Waals surface area contributed by atoms with Crippen molar-refractivity contribution in [1.82, 2.24) is 0 Å². The summed E-state index contributed by atoms with van der Waals surface area (Å²) in [5.41, 5.74) is 4.65. The maximum atomic E-state index is 13.7. The molecule has 0 bridgehead atoms. The summed E-state index contributed by atoms with van der Waals surface area (Å²) in [6, 6.07) is 19.3. The van der Waals surface area contributed by atoms with Crippen LogP contribution in [0.3, 0.4) is 0 Å². The molecule has 0 N–H and O–H groups in total. The normalized spacial score (nSPS) is 15.5. The predicted octanol–water partition coefficient (Wildman–Crippen LogP) is 7.32. The number of aryl methyl sites for hydroxylation is 2. The van der Waals surface area contributed by atoms with Crippen molar-refractivity contribution < 1.29 is 19.1 Å². The summed E-state index contributed by atoms with van der Waals surface area (Å²) in [5.74, 6) is 0.0611. The first kappa shape index (κ1) is 26.7. The van der Waals surface area contributed by atoms with E-state index >= 15 is 0 Å². The van der Waals surface area contributed by atoms with Crippen LogP contribution < -0.4 is 14.4 Å². The second-order valence-corrected chi connectivity index (χ2v) is 10.2. The van der Waals surface area contributed by atoms with Crippen LogP contribution in [0.5, 0.6) is 11.5 Å². The van der Waals surface area contributed by atoms with Gasteiger partial charge in [-0.15, -0.1) is 0 Å². The molecule has 1 amide bonds. The maximum absolute atomic E-state index is 13.7. The lowest BCUT2D eigenvalue weighted by Gasteiger charge is -2.16. The number of methoxy groups -OCH3 is 1. The number of esters is 1. The zero-order valence-corrected chi connectivity index (χ0v) is 23.5. The molecule has 0 spiro atoms. The highest BCUT2D eigenvalue weighted by Gasteiger charge is 2.35. The molecule has 0 aliphatic carbocycles. The molecule has 0 saturated carbocycles. The number of thioether (sulfide) groups is 1. The minimum atomic E-state index is -0.449. The fraction of sp³-hybridized carbons (Fsp3) is 0.207. The Balaban J connectivity index is 1.76. The highest BCUT2D eigenvalue weighted by Crippen LogP contribution is 2.40. The van der Waals surface area contributed by atoms with Crippen molar-refractivity contribution in [2.45, 2.75) is 33.6 Å². The van der Waals surface area contributed by atoms with Crippen molar-refractivity contribution in [2.75, 3.05) is 12.0 Å². The number of ether oxygens (including phenoxy) is 2. The Labute approximate surface area is 229 Å². The second-order valence-electron chi connectivity index (χ2n) is 8.30. The molecule has 6 nitrogen and oxygen atoms in total. The van der Waals surface area contributed by atoms with Crippen LogP contribution in [0, 0.1) is 0 Å². The van der Waals surface area contributed by atoms with E-state index in [1.807, 2.05) is 48.5 Å². The molecule has 0 atom stereocenters. The van der Waals surface area contributed by atoms with E-state index in [4.69, 9.17) is 14.5 Å². The van der Waals surface area contributed by atoms with Gasteiger partial charge in [0.2, 0.25) is 0 Å². The van der Waals surface area contributed by atoms with Gasteiger partial charge in [-0.05, 0) is 83.8 Å². The van der Waals surface area contributed by atoms with Crippen LogP contribution in [0.4, 0.5) is 11.4 Å². The maximum Gasteiger partial charge on any atom is 0.308 e. The molecular formula is C29H27BrN2O4S. The standard InChI is InChI=1S/C29H27BrN2O4S/c1-5-19-7-11-22(12-8-19)31-29-32(23-13-9-20(6-2)10-14-23)28(34)27(37-29)16-21-15-25(35-4)26(17-24(21)30)36-18(3)33/h7-17H,5-6H2,1-4H3/b27-16-,31-29?. The average molecular weight is 580 g/mol. The van der Waals surface area contributed by atoms with Gasteiger partial charge in [-0.3, -0.25) is 14.5 Å². The Morgan fingerprint density at radius 1 is 1.00 bits per heavy atom. The zero-order valence-electron chi connectivity index (χ0n) is 21.1. The van der Waals surface area contributed by atoms with E-state index < -0.39 is 5.97 Å². The number of amidine groups is 1. The summed E-state index contributed by atoms with van der Waals surface area (Å²) >= 11 is 4.84. The summed E-state index contributed by atoms with van der Waals surface area (Å²) in [5, 5.41) is 0.573. The largest absolute Gasteiger partial charge is 0.493 e. The number of amides is 1. The van der Waals surface area contributed by atoms with E-state index in [0.29, 0.717) is 31.6 Å². The number of nitrogens with zero attached hydrogens (tertiary/aromatic N) is 2. The molecule has 0 aromatic heterocycles. The SMILES string of the molecule is CCc1ccc(N=C2S/C(=C\c3cc(OC)c(OC(C)=O)cc3Br)C(=O)N2c2ccc(CC)cc2)cc1. The van der Waals surface area contributed by atoms with E-state index in [0.717, 1.165) is 24.2 Å². The quantitative estimate of drug-likeness (QED) is 0.167. The number of aliphatic imine (C=N–C) groups is 1. The summed E-state index contributed by atoms with van der Waals surface area (Å²) in [4.78, 5) is 32.1. The third-order valence-corrected chi connectivity index (χ3v) is 7.46. The fourth-order valence-corrected chi connectivity index (χ4v) is 5.20. The molecule has 3 aromatic rings. The van der Waals surface area contributed by atoms with Gasteiger partial charge in [0, 0.05) is 11.4 Å². The van der Waals surface area contributed by atoms with Crippen molar-refractivity contribution in [1.29, 1.82) is 0 Å². The molecule has 3 aromatic carbocycles. The minimum absolute atomic E-state index is 0.173. The molecule has 0 radical (unpaired) electrons. The van der Waals surface area contributed by atoms with Crippen molar-refractivity contribution in [3.05, 3.63) is 86.7 Å². The number of anilines is 1. The lowest BCUT2D eigenvalue weighted by Crippen LogP contribution is -2.28. The zero-order chi connectivity index (χ0) is 26.5. The Hall–Kier alpha value is -3.36.